The summed E-state index contributed by atoms with van der Waals surface area (Å²) in [5, 5.41) is 19.4. The minimum absolute atomic E-state index is 0.0640. The van der Waals surface area contributed by atoms with Gasteiger partial charge in [0.2, 0.25) is 0 Å². The minimum atomic E-state index is -0.972. The molecule has 0 heterocycles. The second-order valence-corrected chi connectivity index (χ2v) is 6.02. The number of hydrogen-bond donors (Lipinski definition) is 3. The number of carbonyl (C=O) groups is 2. The van der Waals surface area contributed by atoms with Crippen LogP contribution in [-0.4, -0.2) is 23.0 Å². The Bertz CT molecular complexity index is 981. The number of amidine groups is 1. The maximum Gasteiger partial charge on any atom is 0.413 e. The fourth-order valence-electron chi connectivity index (χ4n) is 2.57. The van der Waals surface area contributed by atoms with Gasteiger partial charge in [-0.2, -0.15) is 0 Å². The number of aromatic carboxylic acids is 1. The van der Waals surface area contributed by atoms with Crippen LogP contribution < -0.4 is 5.32 Å². The van der Waals surface area contributed by atoms with Crippen LogP contribution >= 0.6 is 0 Å². The van der Waals surface area contributed by atoms with Crippen molar-refractivity contribution in [3.63, 3.8) is 0 Å². The third-order valence-electron chi connectivity index (χ3n) is 4.08. The monoisotopic (exact) mass is 374 g/mol. The molecule has 6 nitrogen and oxygen atoms in total. The maximum atomic E-state index is 11.9. The van der Waals surface area contributed by atoms with Gasteiger partial charge < -0.3 is 9.84 Å². The normalized spacial score (nSPS) is 10.1. The molecule has 0 spiro atoms. The molecule has 1 amide bonds. The fraction of sp³-hybridized carbons (Fsp3) is 0.0455. The summed E-state index contributed by atoms with van der Waals surface area (Å²) in [7, 11) is 0. The van der Waals surface area contributed by atoms with E-state index in [-0.39, 0.29) is 18.0 Å². The standard InChI is InChI=1S/C22H18N2O4/c23-20(24-22(27)28-14-15-4-2-1-3-5-15)18-10-6-16(7-11-18)17-8-12-19(13-9-17)21(25)26/h1-13H,14H2,(H,25,26)(H2,23,24,27). The Morgan fingerprint density at radius 1 is 0.821 bits per heavy atom. The predicted molar refractivity (Wildman–Crippen MR) is 105 cm³/mol. The Balaban J connectivity index is 1.58. The van der Waals surface area contributed by atoms with Crippen LogP contribution in [0.4, 0.5) is 4.79 Å². The molecule has 0 aliphatic carbocycles. The zero-order valence-electron chi connectivity index (χ0n) is 14.9. The van der Waals surface area contributed by atoms with Gasteiger partial charge in [-0.1, -0.05) is 66.7 Å². The van der Waals surface area contributed by atoms with Gasteiger partial charge in [0, 0.05) is 5.56 Å². The smallest absolute Gasteiger partial charge is 0.413 e. The number of alkyl carbamates (subject to hydrolysis) is 1. The summed E-state index contributed by atoms with van der Waals surface area (Å²) in [6, 6.07) is 22.8. The number of ether oxygens (including phenoxy) is 1. The Hall–Kier alpha value is -3.93. The molecule has 0 saturated heterocycles. The van der Waals surface area contributed by atoms with Crippen molar-refractivity contribution in [2.24, 2.45) is 0 Å². The van der Waals surface area contributed by atoms with Crippen LogP contribution in [0.2, 0.25) is 0 Å². The molecule has 28 heavy (non-hydrogen) atoms. The largest absolute Gasteiger partial charge is 0.478 e. The van der Waals surface area contributed by atoms with Crippen molar-refractivity contribution in [2.45, 2.75) is 6.61 Å². The van der Waals surface area contributed by atoms with Gasteiger partial charge in [-0.15, -0.1) is 0 Å². The van der Waals surface area contributed by atoms with Gasteiger partial charge in [-0.25, -0.2) is 9.59 Å². The van der Waals surface area contributed by atoms with Crippen molar-refractivity contribution in [3.8, 4) is 11.1 Å². The van der Waals surface area contributed by atoms with Crippen LogP contribution in [0.1, 0.15) is 21.5 Å². The van der Waals surface area contributed by atoms with Gasteiger partial charge in [-0.3, -0.25) is 10.7 Å². The first-order valence-electron chi connectivity index (χ1n) is 8.53. The number of benzene rings is 3. The SMILES string of the molecule is N=C(NC(=O)OCc1ccccc1)c1ccc(-c2ccc(C(=O)O)cc2)cc1. The van der Waals surface area contributed by atoms with Crippen molar-refractivity contribution in [1.29, 1.82) is 5.41 Å². The van der Waals surface area contributed by atoms with Crippen LogP contribution in [0.5, 0.6) is 0 Å². The minimum Gasteiger partial charge on any atom is -0.478 e. The topological polar surface area (TPSA) is 99.5 Å². The average molecular weight is 374 g/mol. The van der Waals surface area contributed by atoms with Gasteiger partial charge >= 0.3 is 12.1 Å². The Labute approximate surface area is 161 Å². The van der Waals surface area contributed by atoms with E-state index in [4.69, 9.17) is 15.3 Å². The zero-order valence-corrected chi connectivity index (χ0v) is 14.9. The molecule has 0 fully saturated rings. The quantitative estimate of drug-likeness (QED) is 0.458. The summed E-state index contributed by atoms with van der Waals surface area (Å²) in [5.74, 6) is -1.04. The number of carboxylic acids is 1. The van der Waals surface area contributed by atoms with Crippen molar-refractivity contribution in [2.75, 3.05) is 0 Å². The molecule has 3 rings (SSSR count). The molecule has 140 valence electrons. The molecule has 3 aromatic carbocycles. The highest BCUT2D eigenvalue weighted by Gasteiger charge is 2.09. The second-order valence-electron chi connectivity index (χ2n) is 6.02. The van der Waals surface area contributed by atoms with Crippen LogP contribution in [-0.2, 0) is 11.3 Å². The molecule has 0 bridgehead atoms. The molecule has 0 aliphatic rings. The maximum absolute atomic E-state index is 11.9. The number of rotatable bonds is 5. The van der Waals surface area contributed by atoms with E-state index in [1.165, 1.54) is 12.1 Å². The Morgan fingerprint density at radius 2 is 1.36 bits per heavy atom. The Kier molecular flexibility index (Phi) is 5.81. The predicted octanol–water partition coefficient (Wildman–Crippen LogP) is 4.30. The van der Waals surface area contributed by atoms with Crippen LogP contribution in [0.15, 0.2) is 78.9 Å². The molecule has 0 radical (unpaired) electrons. The molecule has 3 N–H and O–H groups in total. The van der Waals surface area contributed by atoms with Gasteiger partial charge in [-0.05, 0) is 28.8 Å². The van der Waals surface area contributed by atoms with Gasteiger partial charge in [0.05, 0.1) is 5.56 Å². The molecule has 0 unspecified atom stereocenters. The zero-order chi connectivity index (χ0) is 19.9. The number of carbonyl (C=O) groups excluding carboxylic acids is 1. The molecule has 0 atom stereocenters. The van der Waals surface area contributed by atoms with Crippen LogP contribution in [0.3, 0.4) is 0 Å². The summed E-state index contributed by atoms with van der Waals surface area (Å²) in [4.78, 5) is 22.8. The number of nitrogens with one attached hydrogen (secondary N) is 2. The average Bonchev–Trinajstić information content (AvgIpc) is 2.73. The lowest BCUT2D eigenvalue weighted by molar-refractivity contribution is 0.0697. The molecular weight excluding hydrogens is 356 g/mol. The first-order chi connectivity index (χ1) is 13.5. The van der Waals surface area contributed by atoms with E-state index < -0.39 is 12.1 Å². The van der Waals surface area contributed by atoms with Crippen molar-refractivity contribution >= 4 is 17.9 Å². The first-order valence-corrected chi connectivity index (χ1v) is 8.53. The summed E-state index contributed by atoms with van der Waals surface area (Å²) in [6.07, 6.45) is -0.692. The van der Waals surface area contributed by atoms with Crippen LogP contribution in [0.25, 0.3) is 11.1 Å². The Morgan fingerprint density at radius 3 is 1.89 bits per heavy atom. The second kappa shape index (κ2) is 8.64. The van der Waals surface area contributed by atoms with E-state index in [2.05, 4.69) is 5.32 Å². The van der Waals surface area contributed by atoms with Crippen molar-refractivity contribution in [1.82, 2.24) is 5.32 Å². The van der Waals surface area contributed by atoms with Gasteiger partial charge in [0.25, 0.3) is 0 Å². The van der Waals surface area contributed by atoms with E-state index in [9.17, 15) is 9.59 Å². The molecule has 0 aromatic heterocycles. The van der Waals surface area contributed by atoms with E-state index in [0.29, 0.717) is 5.56 Å². The molecule has 0 saturated carbocycles. The summed E-state index contributed by atoms with van der Waals surface area (Å²) < 4.78 is 5.10. The van der Waals surface area contributed by atoms with E-state index in [1.54, 1.807) is 36.4 Å². The van der Waals surface area contributed by atoms with Crippen molar-refractivity contribution in [3.05, 3.63) is 95.6 Å². The van der Waals surface area contributed by atoms with E-state index in [1.807, 2.05) is 30.3 Å². The molecule has 6 heteroatoms. The van der Waals surface area contributed by atoms with Crippen molar-refractivity contribution < 1.29 is 19.4 Å². The third kappa shape index (κ3) is 4.82. The lowest BCUT2D eigenvalue weighted by Gasteiger charge is -2.09. The van der Waals surface area contributed by atoms with Gasteiger partial charge in [0.1, 0.15) is 12.4 Å². The summed E-state index contributed by atoms with van der Waals surface area (Å²) in [5.41, 5.74) is 3.35. The highest BCUT2D eigenvalue weighted by Crippen LogP contribution is 2.20. The van der Waals surface area contributed by atoms with E-state index in [0.717, 1.165) is 16.7 Å². The third-order valence-corrected chi connectivity index (χ3v) is 4.08. The highest BCUT2D eigenvalue weighted by atomic mass is 16.5. The summed E-state index contributed by atoms with van der Waals surface area (Å²) >= 11 is 0. The van der Waals surface area contributed by atoms with E-state index >= 15 is 0 Å². The number of carboxylic acid groups (broad SMARTS) is 1. The van der Waals surface area contributed by atoms with Gasteiger partial charge in [0.15, 0.2) is 0 Å². The molecule has 3 aromatic rings. The fourth-order valence-corrected chi connectivity index (χ4v) is 2.57. The molecule has 0 aliphatic heterocycles. The summed E-state index contributed by atoms with van der Waals surface area (Å²) in [6.45, 7) is 0.130. The van der Waals surface area contributed by atoms with Crippen LogP contribution in [0, 0.1) is 5.41 Å². The molecular formula is C22H18N2O4. The lowest BCUT2D eigenvalue weighted by atomic mass is 10.0. The highest BCUT2D eigenvalue weighted by molar-refractivity contribution is 6.04. The number of hydrogen-bond acceptors (Lipinski definition) is 4. The number of amides is 1. The lowest BCUT2D eigenvalue weighted by Crippen LogP contribution is -2.30. The first kappa shape index (κ1) is 18.8.